The molecular formula is C36H26F6N3O2. The molecule has 1 radical (unpaired) electrons. The van der Waals surface area contributed by atoms with E-state index in [9.17, 15) is 0 Å². The first-order valence-corrected chi connectivity index (χ1v) is 13.5. The fraction of sp³-hybridized carbons (Fsp3) is 0.222. The minimum Gasteiger partial charge on any atom is -0.495 e. The van der Waals surface area contributed by atoms with Crippen LogP contribution in [0.4, 0.5) is 43.4 Å². The average molecular weight is 647 g/mol. The van der Waals surface area contributed by atoms with Crippen molar-refractivity contribution in [2.45, 2.75) is 24.7 Å². The van der Waals surface area contributed by atoms with E-state index in [0.717, 1.165) is 23.6 Å². The normalized spacial score (nSPS) is 11.2. The summed E-state index contributed by atoms with van der Waals surface area (Å²) in [5, 5.41) is 0. The molecule has 0 aliphatic rings. The monoisotopic (exact) mass is 646 g/mol. The van der Waals surface area contributed by atoms with Crippen LogP contribution in [-0.2, 0) is 5.41 Å². The van der Waals surface area contributed by atoms with E-state index in [1.54, 1.807) is 19.1 Å². The predicted molar refractivity (Wildman–Crippen MR) is 169 cm³/mol. The van der Waals surface area contributed by atoms with Gasteiger partial charge in [0.05, 0.1) is 44.7 Å². The van der Waals surface area contributed by atoms with Crippen molar-refractivity contribution < 1.29 is 35.8 Å². The number of halogens is 6. The average Bonchev–Trinajstić information content (AvgIpc) is 3.00. The Morgan fingerprint density at radius 1 is 0.787 bits per heavy atom. The summed E-state index contributed by atoms with van der Waals surface area (Å²) >= 11 is 0. The summed E-state index contributed by atoms with van der Waals surface area (Å²) in [6.07, 6.45) is 9.81. The molecule has 0 N–H and O–H groups in total. The SMILES string of the molecule is [C-]#[N+]c1c(C)cccc1Oc1ccc(C(c2ccc(OC)c(N(CC#C)CC#C)c2)(C(F)(F)F)C(F)(F)F)cc1N([CH]C#C)CC#C. The Hall–Kier alpha value is -5.83. The minimum atomic E-state index is -5.96. The van der Waals surface area contributed by atoms with Crippen LogP contribution >= 0.6 is 0 Å². The van der Waals surface area contributed by atoms with Crippen molar-refractivity contribution in [1.82, 2.24) is 0 Å². The van der Waals surface area contributed by atoms with Crippen LogP contribution in [0, 0.1) is 69.4 Å². The van der Waals surface area contributed by atoms with Gasteiger partial charge in [0, 0.05) is 0 Å². The van der Waals surface area contributed by atoms with Crippen LogP contribution < -0.4 is 19.3 Å². The fourth-order valence-corrected chi connectivity index (χ4v) is 5.03. The van der Waals surface area contributed by atoms with Gasteiger partial charge in [-0.15, -0.1) is 25.7 Å². The summed E-state index contributed by atoms with van der Waals surface area (Å²) in [7, 11) is 1.20. The molecule has 0 fully saturated rings. The molecule has 11 heteroatoms. The second-order valence-corrected chi connectivity index (χ2v) is 9.84. The lowest BCUT2D eigenvalue weighted by Gasteiger charge is -2.39. The molecule has 3 rings (SSSR count). The molecule has 3 aromatic rings. The molecule has 0 saturated heterocycles. The first-order valence-electron chi connectivity index (χ1n) is 13.5. The van der Waals surface area contributed by atoms with E-state index in [1.165, 1.54) is 18.1 Å². The van der Waals surface area contributed by atoms with Crippen LogP contribution in [0.3, 0.4) is 0 Å². The predicted octanol–water partition coefficient (Wildman–Crippen LogP) is 8.06. The number of terminal acetylenes is 4. The van der Waals surface area contributed by atoms with E-state index in [1.807, 2.05) is 0 Å². The Balaban J connectivity index is 2.47. The Kier molecular flexibility index (Phi) is 11.0. The second kappa shape index (κ2) is 14.5. The molecule has 0 aromatic heterocycles. The summed E-state index contributed by atoms with van der Waals surface area (Å²) in [5.41, 5.74) is -6.90. The van der Waals surface area contributed by atoms with Crippen LogP contribution in [0.2, 0.25) is 0 Å². The minimum absolute atomic E-state index is 0.00943. The third-order valence-corrected chi connectivity index (χ3v) is 7.09. The number of hydrogen-bond donors (Lipinski definition) is 0. The number of rotatable bonds is 11. The molecule has 0 heterocycles. The molecular weight excluding hydrogens is 620 g/mol. The maximum atomic E-state index is 15.3. The van der Waals surface area contributed by atoms with Crippen molar-refractivity contribution in [2.24, 2.45) is 0 Å². The Morgan fingerprint density at radius 2 is 1.34 bits per heavy atom. The quantitative estimate of drug-likeness (QED) is 0.120. The van der Waals surface area contributed by atoms with Crippen LogP contribution in [0.1, 0.15) is 16.7 Å². The number of para-hydroxylation sites is 1. The molecule has 0 spiro atoms. The third kappa shape index (κ3) is 6.89. The van der Waals surface area contributed by atoms with Gasteiger partial charge >= 0.3 is 12.4 Å². The summed E-state index contributed by atoms with van der Waals surface area (Å²) in [5.74, 6) is 8.79. The fourth-order valence-electron chi connectivity index (χ4n) is 5.03. The van der Waals surface area contributed by atoms with Crippen molar-refractivity contribution in [3.8, 4) is 66.6 Å². The van der Waals surface area contributed by atoms with E-state index < -0.39 is 28.9 Å². The summed E-state index contributed by atoms with van der Waals surface area (Å²) in [4.78, 5) is 5.76. The van der Waals surface area contributed by atoms with Crippen molar-refractivity contribution in [3.05, 3.63) is 89.2 Å². The summed E-state index contributed by atoms with van der Waals surface area (Å²) < 4.78 is 103. The lowest BCUT2D eigenvalue weighted by atomic mass is 9.72. The zero-order chi connectivity index (χ0) is 35.0. The lowest BCUT2D eigenvalue weighted by molar-refractivity contribution is -0.288. The van der Waals surface area contributed by atoms with E-state index in [2.05, 4.69) is 28.5 Å². The number of alkyl halides is 6. The van der Waals surface area contributed by atoms with Crippen molar-refractivity contribution in [3.63, 3.8) is 0 Å². The Morgan fingerprint density at radius 3 is 1.83 bits per heavy atom. The third-order valence-electron chi connectivity index (χ3n) is 7.09. The number of benzene rings is 3. The molecule has 3 aromatic carbocycles. The topological polar surface area (TPSA) is 29.3 Å². The van der Waals surface area contributed by atoms with Crippen molar-refractivity contribution in [2.75, 3.05) is 36.5 Å². The van der Waals surface area contributed by atoms with Crippen LogP contribution in [0.15, 0.2) is 54.6 Å². The van der Waals surface area contributed by atoms with Gasteiger partial charge in [-0.05, 0) is 53.9 Å². The van der Waals surface area contributed by atoms with E-state index in [0.29, 0.717) is 29.8 Å². The largest absolute Gasteiger partial charge is 0.495 e. The molecule has 0 aliphatic carbocycles. The highest BCUT2D eigenvalue weighted by molar-refractivity contribution is 5.70. The molecule has 0 atom stereocenters. The van der Waals surface area contributed by atoms with Gasteiger partial charge in [0.25, 0.3) is 0 Å². The number of nitrogens with zero attached hydrogens (tertiary/aromatic N) is 3. The highest BCUT2D eigenvalue weighted by Gasteiger charge is 2.72. The van der Waals surface area contributed by atoms with Crippen LogP contribution in [0.5, 0.6) is 17.2 Å². The van der Waals surface area contributed by atoms with Gasteiger partial charge in [-0.2, -0.15) is 26.3 Å². The van der Waals surface area contributed by atoms with Gasteiger partial charge in [0.2, 0.25) is 11.1 Å². The van der Waals surface area contributed by atoms with Gasteiger partial charge in [-0.25, -0.2) is 4.85 Å². The zero-order valence-corrected chi connectivity index (χ0v) is 25.1. The number of aryl methyl sites for hydroxylation is 1. The summed E-state index contributed by atoms with van der Waals surface area (Å²) in [6, 6.07) is 9.27. The van der Waals surface area contributed by atoms with Crippen molar-refractivity contribution >= 4 is 17.1 Å². The Labute approximate surface area is 269 Å². The van der Waals surface area contributed by atoms with Gasteiger partial charge < -0.3 is 19.3 Å². The van der Waals surface area contributed by atoms with E-state index in [-0.39, 0.29) is 53.9 Å². The highest BCUT2D eigenvalue weighted by Crippen LogP contribution is 2.58. The molecule has 239 valence electrons. The van der Waals surface area contributed by atoms with Crippen molar-refractivity contribution in [1.29, 1.82) is 0 Å². The van der Waals surface area contributed by atoms with Gasteiger partial charge in [0.1, 0.15) is 23.8 Å². The number of methoxy groups -OCH3 is 1. The zero-order valence-electron chi connectivity index (χ0n) is 25.1. The highest BCUT2D eigenvalue weighted by atomic mass is 19.4. The van der Waals surface area contributed by atoms with Crippen LogP contribution in [-0.4, -0.2) is 39.1 Å². The standard InChI is InChI=1S/C36H26F6N3O2/c1-8-19-44(20-9-2)28-23-26(15-17-30(28)46-7)34(35(37,38)39,36(40,41)42)27-16-18-31(29(24-27)45(21-10-3)22-11-4)47-32-14-12-13-25(5)33(32)43-6/h1-4,12-18,21,23-24H,19-20,22H2,5,7H3. The van der Waals surface area contributed by atoms with Gasteiger partial charge in [0.15, 0.2) is 0 Å². The molecule has 0 amide bonds. The molecule has 5 nitrogen and oxygen atoms in total. The van der Waals surface area contributed by atoms with Gasteiger partial charge in [-0.1, -0.05) is 47.9 Å². The second-order valence-electron chi connectivity index (χ2n) is 9.84. The van der Waals surface area contributed by atoms with E-state index in [4.69, 9.17) is 41.7 Å². The first-order chi connectivity index (χ1) is 22.2. The molecule has 0 saturated carbocycles. The number of ether oxygens (including phenoxy) is 2. The first kappa shape index (κ1) is 35.6. The number of anilines is 2. The molecule has 0 unspecified atom stereocenters. The lowest BCUT2D eigenvalue weighted by Crippen LogP contribution is -2.54. The maximum absolute atomic E-state index is 15.3. The van der Waals surface area contributed by atoms with Crippen LogP contribution in [0.25, 0.3) is 4.85 Å². The smallest absolute Gasteiger partial charge is 0.411 e. The molecule has 47 heavy (non-hydrogen) atoms. The Bertz CT molecular complexity index is 1780. The number of hydrogen-bond acceptors (Lipinski definition) is 4. The van der Waals surface area contributed by atoms with E-state index >= 15 is 26.3 Å². The molecule has 0 aliphatic heterocycles. The van der Waals surface area contributed by atoms with Gasteiger partial charge in [-0.3, -0.25) is 0 Å². The summed E-state index contributed by atoms with van der Waals surface area (Å²) in [6.45, 7) is 9.39. The molecule has 0 bridgehead atoms. The maximum Gasteiger partial charge on any atom is 0.411 e.